The molecule has 0 fully saturated rings. The van der Waals surface area contributed by atoms with Gasteiger partial charge in [-0.3, -0.25) is 0 Å². The maximum atomic E-state index is 2.40. The van der Waals surface area contributed by atoms with Crippen LogP contribution in [0.15, 0.2) is 91.0 Å². The minimum atomic E-state index is 1.01. The summed E-state index contributed by atoms with van der Waals surface area (Å²) in [7, 11) is 0. The summed E-state index contributed by atoms with van der Waals surface area (Å²) in [5.74, 6) is 0. The normalized spacial score (nSPS) is 14.3. The Morgan fingerprint density at radius 1 is 0.324 bits per heavy atom. The topological polar surface area (TPSA) is 0 Å². The Kier molecular flexibility index (Phi) is 2.63. The van der Waals surface area contributed by atoms with Crippen molar-refractivity contribution in [1.82, 2.24) is 0 Å². The van der Waals surface area contributed by atoms with Gasteiger partial charge in [-0.2, -0.15) is 0 Å². The Balaban J connectivity index is 1.73. The van der Waals surface area contributed by atoms with Crippen LogP contribution in [0.2, 0.25) is 0 Å². The molecule has 11 rings (SSSR count). The van der Waals surface area contributed by atoms with E-state index >= 15 is 0 Å². The number of hydrogen-bond acceptors (Lipinski definition) is 0. The van der Waals surface area contributed by atoms with Crippen molar-refractivity contribution in [1.29, 1.82) is 0 Å². The first kappa shape index (κ1) is 17.7. The number of rotatable bonds is 0. The van der Waals surface area contributed by atoms with Gasteiger partial charge in [0.15, 0.2) is 0 Å². The second-order valence-corrected chi connectivity index (χ2v) is 11.0. The van der Waals surface area contributed by atoms with E-state index in [1.807, 2.05) is 0 Å². The Hall–Kier alpha value is -4.68. The van der Waals surface area contributed by atoms with Crippen molar-refractivity contribution in [3.8, 4) is 0 Å². The van der Waals surface area contributed by atoms with Gasteiger partial charge in [-0.25, -0.2) is 0 Å². The summed E-state index contributed by atoms with van der Waals surface area (Å²) in [5.41, 5.74) is 2.94. The van der Waals surface area contributed by atoms with E-state index in [4.69, 9.17) is 0 Å². The Morgan fingerprint density at radius 2 is 0.676 bits per heavy atom. The van der Waals surface area contributed by atoms with Crippen molar-refractivity contribution >= 4 is 103 Å². The molecule has 0 saturated carbocycles. The van der Waals surface area contributed by atoms with Gasteiger partial charge in [0.05, 0.1) is 0 Å². The van der Waals surface area contributed by atoms with Crippen LogP contribution in [0.3, 0.4) is 0 Å². The fourth-order valence-electron chi connectivity index (χ4n) is 8.51. The molecule has 10 aromatic rings. The van der Waals surface area contributed by atoms with E-state index in [9.17, 15) is 0 Å². The molecule has 0 saturated heterocycles. The molecule has 0 N–H and O–H groups in total. The van der Waals surface area contributed by atoms with E-state index in [1.54, 1.807) is 0 Å². The molecule has 166 valence electrons. The van der Waals surface area contributed by atoms with Crippen molar-refractivity contribution in [3.63, 3.8) is 0 Å². The van der Waals surface area contributed by atoms with Gasteiger partial charge in [-0.05, 0) is 114 Å². The highest BCUT2D eigenvalue weighted by Gasteiger charge is 2.31. The number of fused-ring (bicyclic) bond motifs is 15. The highest BCUT2D eigenvalue weighted by molar-refractivity contribution is 6.58. The van der Waals surface area contributed by atoms with Crippen LogP contribution in [0.25, 0.3) is 103 Å². The van der Waals surface area contributed by atoms with Crippen molar-refractivity contribution < 1.29 is 0 Å². The zero-order chi connectivity index (χ0) is 23.6. The van der Waals surface area contributed by atoms with Gasteiger partial charge in [-0.1, -0.05) is 97.1 Å². The smallest absolute Gasteiger partial charge is 0.0000478 e. The molecule has 0 heteroatoms. The lowest BCUT2D eigenvalue weighted by molar-refractivity contribution is 1.36. The standard InChI is InChI=1S/C37H18/c1-3-10-20-18(8-1)28-22-12-5-13-23(22)29-19-9-2-4-11-21(19)31-25-15-7-17-27(25)32-26-16-6-14-24(26)30(20)35-33(28)34(29)36(31)37(32)35/h1-12,14-17H,13H2. The van der Waals surface area contributed by atoms with E-state index in [-0.39, 0.29) is 0 Å². The van der Waals surface area contributed by atoms with Gasteiger partial charge in [0.1, 0.15) is 0 Å². The minimum Gasteiger partial charge on any atom is -0.0795 e. The van der Waals surface area contributed by atoms with Crippen LogP contribution in [-0.4, -0.2) is 0 Å². The van der Waals surface area contributed by atoms with Crippen molar-refractivity contribution in [3.05, 3.63) is 102 Å². The average Bonchev–Trinajstić information content (AvgIpc) is 3.74. The third-order valence-electron chi connectivity index (χ3n) is 9.64. The second kappa shape index (κ2) is 5.51. The molecule has 10 aromatic carbocycles. The van der Waals surface area contributed by atoms with Crippen molar-refractivity contribution in [2.45, 2.75) is 6.42 Å². The maximum Gasteiger partial charge on any atom is -0.0000478 e. The molecule has 0 atom stereocenters. The van der Waals surface area contributed by atoms with E-state index in [2.05, 4.69) is 97.1 Å². The van der Waals surface area contributed by atoms with Gasteiger partial charge >= 0.3 is 0 Å². The first-order valence-electron chi connectivity index (χ1n) is 13.3. The summed E-state index contributed by atoms with van der Waals surface area (Å²) in [5, 5.41) is 25.9. The molecule has 0 heterocycles. The average molecular weight is 463 g/mol. The summed E-state index contributed by atoms with van der Waals surface area (Å²) < 4.78 is 0. The molecule has 1 aliphatic rings. The van der Waals surface area contributed by atoms with Gasteiger partial charge in [-0.15, -0.1) is 0 Å². The van der Waals surface area contributed by atoms with Crippen LogP contribution in [0, 0.1) is 0 Å². The summed E-state index contributed by atoms with van der Waals surface area (Å²) in [6.07, 6.45) is 5.79. The Morgan fingerprint density at radius 3 is 1.16 bits per heavy atom. The summed E-state index contributed by atoms with van der Waals surface area (Å²) >= 11 is 0. The molecule has 0 radical (unpaired) electrons. The maximum absolute atomic E-state index is 2.40. The Labute approximate surface area is 211 Å². The van der Waals surface area contributed by atoms with E-state index in [0.29, 0.717) is 0 Å². The molecule has 0 amide bonds. The fourth-order valence-corrected chi connectivity index (χ4v) is 8.51. The van der Waals surface area contributed by atoms with E-state index in [1.165, 1.54) is 108 Å². The summed E-state index contributed by atoms with van der Waals surface area (Å²) in [6, 6.07) is 32.3. The first-order chi connectivity index (χ1) is 18.4. The quantitative estimate of drug-likeness (QED) is 0.197. The number of hydrogen-bond donors (Lipinski definition) is 0. The highest BCUT2D eigenvalue weighted by atomic mass is 14.3. The third-order valence-corrected chi connectivity index (χ3v) is 9.64. The molecule has 0 spiro atoms. The van der Waals surface area contributed by atoms with Gasteiger partial charge in [0, 0.05) is 0 Å². The van der Waals surface area contributed by atoms with Gasteiger partial charge < -0.3 is 0 Å². The van der Waals surface area contributed by atoms with E-state index < -0.39 is 0 Å². The van der Waals surface area contributed by atoms with Crippen molar-refractivity contribution in [2.24, 2.45) is 0 Å². The Bertz CT molecular complexity index is 2620. The zero-order valence-corrected chi connectivity index (χ0v) is 19.9. The highest BCUT2D eigenvalue weighted by Crippen LogP contribution is 2.59. The largest absolute Gasteiger partial charge is 0.0795 e. The number of benzene rings is 7. The third kappa shape index (κ3) is 1.66. The summed E-state index contributed by atoms with van der Waals surface area (Å²) in [4.78, 5) is 0. The van der Waals surface area contributed by atoms with Crippen LogP contribution in [-0.2, 0) is 6.42 Å². The first-order valence-corrected chi connectivity index (χ1v) is 13.3. The van der Waals surface area contributed by atoms with Crippen LogP contribution < -0.4 is 0 Å². The summed E-state index contributed by atoms with van der Waals surface area (Å²) in [6.45, 7) is 0. The molecule has 1 aliphatic carbocycles. The fraction of sp³-hybridized carbons (Fsp3) is 0.0270. The minimum absolute atomic E-state index is 1.01. The van der Waals surface area contributed by atoms with Crippen molar-refractivity contribution in [2.75, 3.05) is 0 Å². The van der Waals surface area contributed by atoms with Crippen LogP contribution >= 0.6 is 0 Å². The molecular formula is C37H18. The predicted octanol–water partition coefficient (Wildman–Crippen LogP) is 10.4. The van der Waals surface area contributed by atoms with E-state index in [0.717, 1.165) is 6.42 Å². The molecule has 0 nitrogen and oxygen atoms in total. The van der Waals surface area contributed by atoms with Gasteiger partial charge in [0.25, 0.3) is 0 Å². The lowest BCUT2D eigenvalue weighted by Crippen LogP contribution is -1.92. The monoisotopic (exact) mass is 462 g/mol. The molecule has 0 unspecified atom stereocenters. The number of allylic oxidation sites excluding steroid dienone is 1. The molecule has 0 bridgehead atoms. The van der Waals surface area contributed by atoms with Gasteiger partial charge in [0.2, 0.25) is 0 Å². The predicted molar refractivity (Wildman–Crippen MR) is 161 cm³/mol. The molecule has 0 aliphatic heterocycles. The van der Waals surface area contributed by atoms with Crippen LogP contribution in [0.4, 0.5) is 0 Å². The zero-order valence-electron chi connectivity index (χ0n) is 19.9. The SMILES string of the molecule is C1=Cc2c(c3c4ccccc4c4c5cccc5c5c6cccc6c6c7ccccc7c2c2c3c4c5c62)C1. The molecular weight excluding hydrogens is 444 g/mol. The van der Waals surface area contributed by atoms with Crippen LogP contribution in [0.5, 0.6) is 0 Å². The molecule has 37 heavy (non-hydrogen) atoms. The lowest BCUT2D eigenvalue weighted by Gasteiger charge is -2.17. The second-order valence-electron chi connectivity index (χ2n) is 11.0. The molecule has 0 aromatic heterocycles. The lowest BCUT2D eigenvalue weighted by atomic mass is 9.85. The van der Waals surface area contributed by atoms with Crippen LogP contribution in [0.1, 0.15) is 11.1 Å².